The van der Waals surface area contributed by atoms with E-state index < -0.39 is 0 Å². The lowest BCUT2D eigenvalue weighted by atomic mass is 9.69. The van der Waals surface area contributed by atoms with Crippen LogP contribution in [-0.2, 0) is 0 Å². The van der Waals surface area contributed by atoms with Crippen LogP contribution >= 0.6 is 0 Å². The molecule has 3 N–H and O–H groups in total. The first-order valence-corrected chi connectivity index (χ1v) is 7.71. The summed E-state index contributed by atoms with van der Waals surface area (Å²) in [7, 11) is 2.16. The predicted molar refractivity (Wildman–Crippen MR) is 83.2 cm³/mol. The third-order valence-corrected chi connectivity index (χ3v) is 5.19. The molecular formula is C15H25N5O. The second kappa shape index (κ2) is 5.42. The van der Waals surface area contributed by atoms with Crippen molar-refractivity contribution in [3.8, 4) is 0 Å². The van der Waals surface area contributed by atoms with Crippen LogP contribution in [0.5, 0.6) is 0 Å². The highest BCUT2D eigenvalue weighted by Gasteiger charge is 2.46. The third kappa shape index (κ3) is 2.58. The fraction of sp³-hybridized carbons (Fsp3) is 0.733. The molecule has 116 valence electrons. The van der Waals surface area contributed by atoms with Gasteiger partial charge in [-0.25, -0.2) is 4.98 Å². The molecule has 2 fully saturated rings. The van der Waals surface area contributed by atoms with Gasteiger partial charge in [0.1, 0.15) is 5.82 Å². The number of hydrogen-bond donors (Lipinski definition) is 2. The zero-order chi connectivity index (χ0) is 15.0. The van der Waals surface area contributed by atoms with Gasteiger partial charge in [0.25, 0.3) is 0 Å². The molecule has 6 heteroatoms. The highest BCUT2D eigenvalue weighted by Crippen LogP contribution is 2.42. The predicted octanol–water partition coefficient (Wildman–Crippen LogP) is 0.650. The lowest BCUT2D eigenvalue weighted by Crippen LogP contribution is -2.61. The molecule has 0 amide bonds. The maximum atomic E-state index is 9.95. The molecule has 1 aromatic rings. The minimum absolute atomic E-state index is 0.0527. The highest BCUT2D eigenvalue weighted by molar-refractivity contribution is 5.44. The van der Waals surface area contributed by atoms with E-state index in [1.54, 1.807) is 0 Å². The van der Waals surface area contributed by atoms with Crippen molar-refractivity contribution in [2.45, 2.75) is 32.2 Å². The third-order valence-electron chi connectivity index (χ3n) is 5.19. The molecular weight excluding hydrogens is 266 g/mol. The van der Waals surface area contributed by atoms with Crippen molar-refractivity contribution in [2.75, 3.05) is 43.9 Å². The van der Waals surface area contributed by atoms with Crippen LogP contribution in [-0.4, -0.2) is 59.3 Å². The monoisotopic (exact) mass is 291 g/mol. The number of nitrogen functional groups attached to an aromatic ring is 1. The Kier molecular flexibility index (Phi) is 3.75. The van der Waals surface area contributed by atoms with Crippen LogP contribution in [0, 0.1) is 12.3 Å². The molecule has 3 rings (SSSR count). The van der Waals surface area contributed by atoms with E-state index in [0.717, 1.165) is 44.0 Å². The highest BCUT2D eigenvalue weighted by atomic mass is 16.3. The Hall–Kier alpha value is -1.40. The molecule has 0 unspecified atom stereocenters. The molecule has 2 saturated heterocycles. The molecule has 0 aromatic carbocycles. The number of aryl methyl sites for hydroxylation is 1. The van der Waals surface area contributed by atoms with Gasteiger partial charge in [-0.1, -0.05) is 0 Å². The molecule has 0 aliphatic carbocycles. The number of fused-ring (bicyclic) bond motifs is 1. The van der Waals surface area contributed by atoms with E-state index in [1.807, 2.05) is 13.0 Å². The summed E-state index contributed by atoms with van der Waals surface area (Å²) in [6.45, 7) is 5.13. The second-order valence-corrected chi connectivity index (χ2v) is 6.54. The molecule has 0 saturated carbocycles. The summed E-state index contributed by atoms with van der Waals surface area (Å²) in [5.74, 6) is 1.24. The minimum Gasteiger partial charge on any atom is -0.396 e. The molecule has 2 atom stereocenters. The van der Waals surface area contributed by atoms with Crippen molar-refractivity contribution in [3.05, 3.63) is 11.8 Å². The van der Waals surface area contributed by atoms with E-state index in [9.17, 15) is 5.11 Å². The van der Waals surface area contributed by atoms with E-state index in [0.29, 0.717) is 12.0 Å². The molecule has 1 aromatic heterocycles. The van der Waals surface area contributed by atoms with Crippen LogP contribution in [0.25, 0.3) is 0 Å². The summed E-state index contributed by atoms with van der Waals surface area (Å²) in [6, 6.07) is 2.37. The fourth-order valence-electron chi connectivity index (χ4n) is 3.96. The van der Waals surface area contributed by atoms with E-state index in [1.165, 1.54) is 6.42 Å². The number of aliphatic hydroxyl groups is 1. The normalized spacial score (nSPS) is 30.2. The Bertz CT molecular complexity index is 503. The lowest BCUT2D eigenvalue weighted by Gasteiger charge is -2.53. The Labute approximate surface area is 126 Å². The van der Waals surface area contributed by atoms with Gasteiger partial charge in [-0.05, 0) is 39.8 Å². The number of aliphatic hydroxyl groups excluding tert-OH is 1. The lowest BCUT2D eigenvalue weighted by molar-refractivity contribution is -0.0277. The summed E-state index contributed by atoms with van der Waals surface area (Å²) >= 11 is 0. The number of nitrogens with zero attached hydrogens (tertiary/aromatic N) is 4. The van der Waals surface area contributed by atoms with E-state index >= 15 is 0 Å². The standard InChI is InChI=1S/C15H25N5O/c1-11-8-13(18-14(16)17-11)20-7-5-15(10-21)4-3-6-19(2)12(15)9-20/h8,12,21H,3-7,9-10H2,1-2H3,(H2,16,17,18)/t12-,15-/m1/s1. The van der Waals surface area contributed by atoms with Crippen LogP contribution in [0.4, 0.5) is 11.8 Å². The van der Waals surface area contributed by atoms with Gasteiger partial charge in [-0.15, -0.1) is 0 Å². The first-order valence-electron chi connectivity index (χ1n) is 7.71. The van der Waals surface area contributed by atoms with Crippen LogP contribution in [0.3, 0.4) is 0 Å². The van der Waals surface area contributed by atoms with Crippen molar-refractivity contribution in [1.82, 2.24) is 14.9 Å². The van der Waals surface area contributed by atoms with Crippen LogP contribution in [0.2, 0.25) is 0 Å². The number of hydrogen-bond acceptors (Lipinski definition) is 6. The first-order chi connectivity index (χ1) is 10.0. The fourth-order valence-corrected chi connectivity index (χ4v) is 3.96. The van der Waals surface area contributed by atoms with Crippen LogP contribution in [0.1, 0.15) is 25.0 Å². The number of likely N-dealkylation sites (tertiary alicyclic amines) is 1. The van der Waals surface area contributed by atoms with Crippen molar-refractivity contribution >= 4 is 11.8 Å². The molecule has 2 aliphatic heterocycles. The summed E-state index contributed by atoms with van der Waals surface area (Å²) in [4.78, 5) is 13.2. The molecule has 6 nitrogen and oxygen atoms in total. The van der Waals surface area contributed by atoms with Crippen molar-refractivity contribution in [2.24, 2.45) is 5.41 Å². The van der Waals surface area contributed by atoms with Gasteiger partial charge in [-0.3, -0.25) is 0 Å². The topological polar surface area (TPSA) is 78.5 Å². The van der Waals surface area contributed by atoms with Crippen molar-refractivity contribution in [1.29, 1.82) is 0 Å². The Balaban J connectivity index is 1.85. The van der Waals surface area contributed by atoms with E-state index in [4.69, 9.17) is 5.73 Å². The summed E-state index contributed by atoms with van der Waals surface area (Å²) in [5, 5.41) is 9.95. The molecule has 21 heavy (non-hydrogen) atoms. The van der Waals surface area contributed by atoms with Gasteiger partial charge in [0.15, 0.2) is 0 Å². The molecule has 0 spiro atoms. The summed E-state index contributed by atoms with van der Waals surface area (Å²) in [6.07, 6.45) is 3.30. The van der Waals surface area contributed by atoms with Gasteiger partial charge in [0, 0.05) is 36.3 Å². The average molecular weight is 291 g/mol. The van der Waals surface area contributed by atoms with Crippen LogP contribution < -0.4 is 10.6 Å². The number of anilines is 2. The zero-order valence-electron chi connectivity index (χ0n) is 12.9. The molecule has 3 heterocycles. The minimum atomic E-state index is 0.0527. The SMILES string of the molecule is Cc1cc(N2CC[C@@]3(CO)CCCN(C)[C@@H]3C2)nc(N)n1. The van der Waals surface area contributed by atoms with Gasteiger partial charge in [-0.2, -0.15) is 4.98 Å². The van der Waals surface area contributed by atoms with E-state index in [2.05, 4.69) is 26.8 Å². The number of aromatic nitrogens is 2. The summed E-state index contributed by atoms with van der Waals surface area (Å²) in [5.41, 5.74) is 6.73. The quantitative estimate of drug-likeness (QED) is 0.833. The Morgan fingerprint density at radius 3 is 2.90 bits per heavy atom. The number of nitrogens with two attached hydrogens (primary N) is 1. The smallest absolute Gasteiger partial charge is 0.222 e. The summed E-state index contributed by atoms with van der Waals surface area (Å²) < 4.78 is 0. The number of rotatable bonds is 2. The van der Waals surface area contributed by atoms with Gasteiger partial charge in [0.2, 0.25) is 5.95 Å². The Morgan fingerprint density at radius 1 is 1.38 bits per heavy atom. The first kappa shape index (κ1) is 14.5. The largest absolute Gasteiger partial charge is 0.396 e. The zero-order valence-corrected chi connectivity index (χ0v) is 12.9. The molecule has 0 bridgehead atoms. The second-order valence-electron chi connectivity index (χ2n) is 6.54. The van der Waals surface area contributed by atoms with Crippen LogP contribution in [0.15, 0.2) is 6.07 Å². The Morgan fingerprint density at radius 2 is 2.19 bits per heavy atom. The maximum Gasteiger partial charge on any atom is 0.222 e. The maximum absolute atomic E-state index is 9.95. The van der Waals surface area contributed by atoms with Gasteiger partial charge < -0.3 is 20.6 Å². The van der Waals surface area contributed by atoms with Crippen molar-refractivity contribution in [3.63, 3.8) is 0 Å². The number of likely N-dealkylation sites (N-methyl/N-ethyl adjacent to an activating group) is 1. The molecule has 0 radical (unpaired) electrons. The van der Waals surface area contributed by atoms with E-state index in [-0.39, 0.29) is 12.0 Å². The van der Waals surface area contributed by atoms with Gasteiger partial charge in [0.05, 0.1) is 6.61 Å². The average Bonchev–Trinajstić information content (AvgIpc) is 2.46. The number of piperidine rings is 2. The van der Waals surface area contributed by atoms with Crippen molar-refractivity contribution < 1.29 is 5.11 Å². The molecule has 2 aliphatic rings. The van der Waals surface area contributed by atoms with Gasteiger partial charge >= 0.3 is 0 Å².